The van der Waals surface area contributed by atoms with Crippen molar-refractivity contribution < 1.29 is 31.3 Å². The summed E-state index contributed by atoms with van der Waals surface area (Å²) in [5.41, 5.74) is 5.58. The third kappa shape index (κ3) is 5.94. The second-order valence-corrected chi connectivity index (χ2v) is 8.18. The van der Waals surface area contributed by atoms with E-state index in [0.717, 1.165) is 11.1 Å². The van der Waals surface area contributed by atoms with E-state index in [2.05, 4.69) is 0 Å². The van der Waals surface area contributed by atoms with Gasteiger partial charge in [-0.3, -0.25) is 0 Å². The fourth-order valence-corrected chi connectivity index (χ4v) is 3.99. The van der Waals surface area contributed by atoms with E-state index in [0.29, 0.717) is 33.9 Å². The maximum Gasteiger partial charge on any atom is 0.124 e. The molecule has 184 valence electrons. The van der Waals surface area contributed by atoms with Gasteiger partial charge >= 0.3 is 0 Å². The van der Waals surface area contributed by atoms with Crippen molar-refractivity contribution in [3.63, 3.8) is 0 Å². The molecule has 0 aliphatic heterocycles. The summed E-state index contributed by atoms with van der Waals surface area (Å²) >= 11 is 0. The SMILES string of the molecule is Oc1ccccc1C(=Nc1ccccc1N=C(c1ccccc1)c1ccccc1O)c1ccccc1.[Pt]. The minimum Gasteiger partial charge on any atom is -0.507 e. The fraction of sp³-hybridized carbons (Fsp3) is 0. The molecule has 0 spiro atoms. The van der Waals surface area contributed by atoms with E-state index in [1.54, 1.807) is 24.3 Å². The minimum atomic E-state index is 0. The molecular weight excluding hydrogens is 639 g/mol. The summed E-state index contributed by atoms with van der Waals surface area (Å²) < 4.78 is 0. The second-order valence-electron chi connectivity index (χ2n) is 8.18. The summed E-state index contributed by atoms with van der Waals surface area (Å²) in [5.74, 6) is 0.306. The van der Waals surface area contributed by atoms with E-state index in [9.17, 15) is 10.2 Å². The van der Waals surface area contributed by atoms with Crippen LogP contribution in [0.15, 0.2) is 143 Å². The van der Waals surface area contributed by atoms with E-state index in [1.165, 1.54) is 0 Å². The fourth-order valence-electron chi connectivity index (χ4n) is 3.99. The summed E-state index contributed by atoms with van der Waals surface area (Å²) in [7, 11) is 0. The van der Waals surface area contributed by atoms with Crippen molar-refractivity contribution in [2.45, 2.75) is 0 Å². The van der Waals surface area contributed by atoms with Gasteiger partial charge in [0.2, 0.25) is 0 Å². The van der Waals surface area contributed by atoms with Crippen molar-refractivity contribution in [1.29, 1.82) is 0 Å². The summed E-state index contributed by atoms with van der Waals surface area (Å²) in [6.45, 7) is 0. The first-order chi connectivity index (χ1) is 17.7. The second kappa shape index (κ2) is 12.1. The molecule has 0 bridgehead atoms. The van der Waals surface area contributed by atoms with Crippen molar-refractivity contribution in [3.8, 4) is 11.5 Å². The average Bonchev–Trinajstić information content (AvgIpc) is 2.93. The Morgan fingerprint density at radius 3 is 1.11 bits per heavy atom. The molecule has 0 atom stereocenters. The Morgan fingerprint density at radius 2 is 0.730 bits per heavy atom. The van der Waals surface area contributed by atoms with E-state index in [-0.39, 0.29) is 32.6 Å². The zero-order valence-corrected chi connectivity index (χ0v) is 22.1. The molecule has 5 aromatic carbocycles. The molecule has 37 heavy (non-hydrogen) atoms. The minimum absolute atomic E-state index is 0. The largest absolute Gasteiger partial charge is 0.507 e. The predicted molar refractivity (Wildman–Crippen MR) is 146 cm³/mol. The number of para-hydroxylation sites is 4. The number of hydrogen-bond acceptors (Lipinski definition) is 4. The van der Waals surface area contributed by atoms with E-state index >= 15 is 0 Å². The Labute approximate surface area is 230 Å². The third-order valence-corrected chi connectivity index (χ3v) is 5.76. The quantitative estimate of drug-likeness (QED) is 0.186. The first kappa shape index (κ1) is 25.8. The van der Waals surface area contributed by atoms with E-state index in [4.69, 9.17) is 9.98 Å². The van der Waals surface area contributed by atoms with Gasteiger partial charge in [-0.15, -0.1) is 0 Å². The number of nitrogens with zero attached hydrogens (tertiary/aromatic N) is 2. The van der Waals surface area contributed by atoms with Crippen LogP contribution in [0.5, 0.6) is 11.5 Å². The van der Waals surface area contributed by atoms with Gasteiger partial charge in [0.1, 0.15) is 11.5 Å². The van der Waals surface area contributed by atoms with E-state index < -0.39 is 0 Å². The summed E-state index contributed by atoms with van der Waals surface area (Å²) in [5, 5.41) is 21.3. The van der Waals surface area contributed by atoms with Crippen LogP contribution < -0.4 is 0 Å². The van der Waals surface area contributed by atoms with Gasteiger partial charge in [0, 0.05) is 43.3 Å². The molecule has 0 aliphatic rings. The molecule has 2 N–H and O–H groups in total. The van der Waals surface area contributed by atoms with E-state index in [1.807, 2.05) is 109 Å². The monoisotopic (exact) mass is 663 g/mol. The number of aromatic hydroxyl groups is 2. The first-order valence-corrected chi connectivity index (χ1v) is 11.6. The van der Waals surface area contributed by atoms with Crippen molar-refractivity contribution in [3.05, 3.63) is 156 Å². The van der Waals surface area contributed by atoms with Gasteiger partial charge in [-0.05, 0) is 36.4 Å². The van der Waals surface area contributed by atoms with Gasteiger partial charge in [-0.1, -0.05) is 97.1 Å². The maximum atomic E-state index is 10.6. The van der Waals surface area contributed by atoms with Gasteiger partial charge in [0.15, 0.2) is 0 Å². The Balaban J connectivity index is 0.00000320. The Kier molecular flexibility index (Phi) is 8.45. The van der Waals surface area contributed by atoms with Crippen LogP contribution in [0.4, 0.5) is 11.4 Å². The number of hydrogen-bond donors (Lipinski definition) is 2. The van der Waals surface area contributed by atoms with Crippen molar-refractivity contribution in [2.24, 2.45) is 9.98 Å². The van der Waals surface area contributed by atoms with Gasteiger partial charge in [0.25, 0.3) is 0 Å². The third-order valence-electron chi connectivity index (χ3n) is 5.76. The van der Waals surface area contributed by atoms with Crippen LogP contribution in [0.2, 0.25) is 0 Å². The molecular formula is C32H24N2O2Pt. The number of phenolic OH excluding ortho intramolecular Hbond substituents is 2. The normalized spacial score (nSPS) is 11.6. The van der Waals surface area contributed by atoms with Crippen LogP contribution in [0.25, 0.3) is 0 Å². The molecule has 0 amide bonds. The number of rotatable bonds is 6. The van der Waals surface area contributed by atoms with Gasteiger partial charge < -0.3 is 10.2 Å². The van der Waals surface area contributed by atoms with Crippen LogP contribution in [0.1, 0.15) is 22.3 Å². The maximum absolute atomic E-state index is 10.6. The van der Waals surface area contributed by atoms with Gasteiger partial charge in [0.05, 0.1) is 22.8 Å². The van der Waals surface area contributed by atoms with Crippen molar-refractivity contribution in [2.75, 3.05) is 0 Å². The zero-order chi connectivity index (χ0) is 24.7. The zero-order valence-electron chi connectivity index (χ0n) is 19.8. The summed E-state index contributed by atoms with van der Waals surface area (Å²) in [6.07, 6.45) is 0. The smallest absolute Gasteiger partial charge is 0.124 e. The summed E-state index contributed by atoms with van der Waals surface area (Å²) in [6, 6.07) is 41.5. The van der Waals surface area contributed by atoms with Gasteiger partial charge in [-0.2, -0.15) is 0 Å². The molecule has 0 unspecified atom stereocenters. The Morgan fingerprint density at radius 1 is 0.405 bits per heavy atom. The van der Waals surface area contributed by atoms with Crippen molar-refractivity contribution >= 4 is 22.8 Å². The topological polar surface area (TPSA) is 65.2 Å². The molecule has 5 aromatic rings. The van der Waals surface area contributed by atoms with Crippen LogP contribution in [0.3, 0.4) is 0 Å². The molecule has 0 saturated carbocycles. The van der Waals surface area contributed by atoms with Crippen LogP contribution in [0, 0.1) is 0 Å². The van der Waals surface area contributed by atoms with Gasteiger partial charge in [-0.25, -0.2) is 9.98 Å². The predicted octanol–water partition coefficient (Wildman–Crippen LogP) is 7.43. The number of phenols is 2. The van der Waals surface area contributed by atoms with Crippen molar-refractivity contribution in [1.82, 2.24) is 0 Å². The Bertz CT molecular complexity index is 1430. The Hall–Kier alpha value is -4.27. The molecule has 5 heteroatoms. The molecule has 0 radical (unpaired) electrons. The summed E-state index contributed by atoms with van der Waals surface area (Å²) in [4.78, 5) is 10.0. The molecule has 5 rings (SSSR count). The molecule has 0 saturated heterocycles. The number of aliphatic imine (C=N–C) groups is 2. The molecule has 0 fully saturated rings. The first-order valence-electron chi connectivity index (χ1n) is 11.6. The van der Waals surface area contributed by atoms with Crippen LogP contribution >= 0.6 is 0 Å². The van der Waals surface area contributed by atoms with Crippen LogP contribution in [-0.2, 0) is 21.1 Å². The molecule has 0 aromatic heterocycles. The molecule has 4 nitrogen and oxygen atoms in total. The number of benzene rings is 5. The molecule has 0 aliphatic carbocycles. The standard InChI is InChI=1S/C32H24N2O2.Pt/c35-29-21-11-7-17-25(29)31(23-13-3-1-4-14-23)33-27-19-9-10-20-28(27)34-32(24-15-5-2-6-16-24)26-18-8-12-22-30(26)36;/h1-22,35-36H;. The average molecular weight is 664 g/mol. The molecule has 0 heterocycles. The van der Waals surface area contributed by atoms with Crippen LogP contribution in [-0.4, -0.2) is 21.6 Å².